The number of nitrogens with one attached hydrogen (secondary N) is 1. The lowest BCUT2D eigenvalue weighted by atomic mass is 9.67. The van der Waals surface area contributed by atoms with E-state index in [2.05, 4.69) is 5.32 Å². The topological polar surface area (TPSA) is 109 Å². The quantitative estimate of drug-likeness (QED) is 0.359. The summed E-state index contributed by atoms with van der Waals surface area (Å²) in [5, 5.41) is 3.31. The number of allylic oxidation sites excluding steroid dienone is 3. The number of methoxy groups -OCH3 is 3. The molecule has 1 aliphatic carbocycles. The average Bonchev–Trinajstić information content (AvgIpc) is 2.96. The van der Waals surface area contributed by atoms with Gasteiger partial charge in [-0.25, -0.2) is 4.79 Å². The molecule has 0 spiro atoms. The van der Waals surface area contributed by atoms with Crippen molar-refractivity contribution in [2.45, 2.75) is 39.0 Å². The van der Waals surface area contributed by atoms with E-state index < -0.39 is 35.5 Å². The Morgan fingerprint density at radius 3 is 2.25 bits per heavy atom. The van der Waals surface area contributed by atoms with Crippen LogP contribution in [0.1, 0.15) is 50.2 Å². The number of ether oxygens (including phenoxy) is 5. The first kappa shape index (κ1) is 28.7. The number of hydrogen-bond donors (Lipinski definition) is 1. The summed E-state index contributed by atoms with van der Waals surface area (Å²) >= 11 is 0. The maximum absolute atomic E-state index is 14.5. The first-order chi connectivity index (χ1) is 19.3. The van der Waals surface area contributed by atoms with Crippen LogP contribution in [-0.4, -0.2) is 52.3 Å². The molecule has 0 unspecified atom stereocenters. The first-order valence-electron chi connectivity index (χ1n) is 13.2. The van der Waals surface area contributed by atoms with Gasteiger partial charge < -0.3 is 29.0 Å². The van der Waals surface area contributed by atoms with E-state index in [-0.39, 0.29) is 18.8 Å². The molecule has 4 rings (SSSR count). The van der Waals surface area contributed by atoms with E-state index in [1.165, 1.54) is 7.11 Å². The Bertz CT molecular complexity index is 1380. The molecule has 1 heterocycles. The third-order valence-electron chi connectivity index (χ3n) is 7.35. The molecule has 1 N–H and O–H groups in total. The van der Waals surface area contributed by atoms with Gasteiger partial charge in [0.15, 0.2) is 5.78 Å². The van der Waals surface area contributed by atoms with E-state index in [1.807, 2.05) is 18.2 Å². The van der Waals surface area contributed by atoms with Crippen molar-refractivity contribution in [2.75, 3.05) is 34.5 Å². The van der Waals surface area contributed by atoms with E-state index in [9.17, 15) is 14.4 Å². The highest BCUT2D eigenvalue weighted by Gasteiger charge is 2.50. The van der Waals surface area contributed by atoms with Gasteiger partial charge in [-0.05, 0) is 44.9 Å². The minimum atomic E-state index is -1.15. The minimum absolute atomic E-state index is 0.119. The second kappa shape index (κ2) is 12.3. The highest BCUT2D eigenvalue weighted by molar-refractivity contribution is 6.13. The molecule has 212 valence electrons. The lowest BCUT2D eigenvalue weighted by Gasteiger charge is -2.40. The second-order valence-electron chi connectivity index (χ2n) is 9.46. The molecule has 9 heteroatoms. The normalized spacial score (nSPS) is 20.4. The van der Waals surface area contributed by atoms with Crippen molar-refractivity contribution in [1.82, 2.24) is 5.32 Å². The van der Waals surface area contributed by atoms with E-state index in [0.29, 0.717) is 46.2 Å². The van der Waals surface area contributed by atoms with Crippen LogP contribution >= 0.6 is 0 Å². The zero-order valence-electron chi connectivity index (χ0n) is 23.7. The highest BCUT2D eigenvalue weighted by Crippen LogP contribution is 2.51. The van der Waals surface area contributed by atoms with Crippen LogP contribution in [0, 0.1) is 5.92 Å². The number of para-hydroxylation sites is 1. The summed E-state index contributed by atoms with van der Waals surface area (Å²) in [5.41, 5.74) is 3.06. The maximum atomic E-state index is 14.5. The molecule has 0 saturated carbocycles. The zero-order chi connectivity index (χ0) is 29.0. The molecule has 3 atom stereocenters. The molecule has 40 heavy (non-hydrogen) atoms. The van der Waals surface area contributed by atoms with Crippen molar-refractivity contribution in [3.05, 3.63) is 76.1 Å². The van der Waals surface area contributed by atoms with Gasteiger partial charge in [-0.15, -0.1) is 0 Å². The van der Waals surface area contributed by atoms with Gasteiger partial charge in [0.2, 0.25) is 0 Å². The number of hydrogen-bond acceptors (Lipinski definition) is 9. The van der Waals surface area contributed by atoms with Crippen LogP contribution in [0.4, 0.5) is 0 Å². The SMILES string of the molecule is CCOC(=O)C1=C(C)NC2=C(C(=O)[C@H](C(=O)OCC)[C@@H](c3ccccc3OC)C2)[C@H]1c1ccc(OC)cc1OC. The van der Waals surface area contributed by atoms with Gasteiger partial charge in [-0.3, -0.25) is 9.59 Å². The molecule has 0 aromatic heterocycles. The van der Waals surface area contributed by atoms with Gasteiger partial charge in [0, 0.05) is 34.5 Å². The predicted molar refractivity (Wildman–Crippen MR) is 147 cm³/mol. The third-order valence-corrected chi connectivity index (χ3v) is 7.35. The van der Waals surface area contributed by atoms with Crippen molar-refractivity contribution < 1.29 is 38.1 Å². The molecule has 2 aromatic carbocycles. The molecular formula is C31H35NO8. The largest absolute Gasteiger partial charge is 0.497 e. The Morgan fingerprint density at radius 2 is 1.60 bits per heavy atom. The maximum Gasteiger partial charge on any atom is 0.336 e. The number of ketones is 1. The van der Waals surface area contributed by atoms with Crippen LogP contribution < -0.4 is 19.5 Å². The summed E-state index contributed by atoms with van der Waals surface area (Å²) in [7, 11) is 4.61. The minimum Gasteiger partial charge on any atom is -0.497 e. The fraction of sp³-hybridized carbons (Fsp3) is 0.387. The molecule has 9 nitrogen and oxygen atoms in total. The summed E-state index contributed by atoms with van der Waals surface area (Å²) in [4.78, 5) is 41.3. The number of carbonyl (C=O) groups is 3. The number of Topliss-reactive ketones (excluding diaryl/α,β-unsaturated/α-hetero) is 1. The Labute approximate surface area is 234 Å². The van der Waals surface area contributed by atoms with Crippen molar-refractivity contribution >= 4 is 17.7 Å². The predicted octanol–water partition coefficient (Wildman–Crippen LogP) is 4.43. The lowest BCUT2D eigenvalue weighted by molar-refractivity contribution is -0.152. The monoisotopic (exact) mass is 549 g/mol. The van der Waals surface area contributed by atoms with Crippen LogP contribution in [0.3, 0.4) is 0 Å². The summed E-state index contributed by atoms with van der Waals surface area (Å²) < 4.78 is 27.5. The smallest absolute Gasteiger partial charge is 0.336 e. The summed E-state index contributed by atoms with van der Waals surface area (Å²) in [5.74, 6) is -2.61. The average molecular weight is 550 g/mol. The van der Waals surface area contributed by atoms with Crippen molar-refractivity contribution in [3.63, 3.8) is 0 Å². The number of esters is 2. The Morgan fingerprint density at radius 1 is 0.900 bits per heavy atom. The molecule has 2 aromatic rings. The number of benzene rings is 2. The molecule has 0 bridgehead atoms. The van der Waals surface area contributed by atoms with E-state index in [1.54, 1.807) is 59.3 Å². The van der Waals surface area contributed by atoms with Crippen LogP contribution in [0.15, 0.2) is 65.0 Å². The third kappa shape index (κ3) is 5.15. The summed E-state index contributed by atoms with van der Waals surface area (Å²) in [6.07, 6.45) is 0.313. The second-order valence-corrected chi connectivity index (χ2v) is 9.46. The first-order valence-corrected chi connectivity index (χ1v) is 13.2. The molecule has 1 aliphatic heterocycles. The van der Waals surface area contributed by atoms with Gasteiger partial charge >= 0.3 is 11.9 Å². The number of carbonyl (C=O) groups excluding carboxylic acids is 3. The fourth-order valence-electron chi connectivity index (χ4n) is 5.65. The summed E-state index contributed by atoms with van der Waals surface area (Å²) in [6.45, 7) is 5.47. The molecule has 0 radical (unpaired) electrons. The van der Waals surface area contributed by atoms with Crippen molar-refractivity contribution in [3.8, 4) is 17.2 Å². The van der Waals surface area contributed by atoms with Crippen LogP contribution in [0.2, 0.25) is 0 Å². The number of dihydropyridines is 1. The molecule has 0 amide bonds. The van der Waals surface area contributed by atoms with Gasteiger partial charge in [-0.1, -0.05) is 24.3 Å². The van der Waals surface area contributed by atoms with Gasteiger partial charge in [0.25, 0.3) is 0 Å². The molecule has 0 saturated heterocycles. The standard InChI is InChI=1S/C31H35NO8/c1-7-39-30(34)25-17(3)32-22-16-21(19-11-9-10-12-23(19)37-5)27(31(35)40-8-2)29(33)28(22)26(25)20-14-13-18(36-4)15-24(20)38-6/h9-15,21,26-27,32H,7-8,16H2,1-6H3/t21-,26+,27-/m1/s1. The Balaban J connectivity index is 1.96. The van der Waals surface area contributed by atoms with Gasteiger partial charge in [-0.2, -0.15) is 0 Å². The van der Waals surface area contributed by atoms with Crippen molar-refractivity contribution in [1.29, 1.82) is 0 Å². The molecular weight excluding hydrogens is 514 g/mol. The van der Waals surface area contributed by atoms with E-state index in [4.69, 9.17) is 23.7 Å². The van der Waals surface area contributed by atoms with Crippen LogP contribution in [-0.2, 0) is 23.9 Å². The molecule has 0 fully saturated rings. The zero-order valence-corrected chi connectivity index (χ0v) is 23.7. The van der Waals surface area contributed by atoms with Crippen LogP contribution in [0.25, 0.3) is 0 Å². The Hall–Kier alpha value is -4.27. The summed E-state index contributed by atoms with van der Waals surface area (Å²) in [6, 6.07) is 12.5. The Kier molecular flexibility index (Phi) is 8.82. The van der Waals surface area contributed by atoms with E-state index >= 15 is 0 Å². The lowest BCUT2D eigenvalue weighted by Crippen LogP contribution is -2.43. The van der Waals surface area contributed by atoms with E-state index in [0.717, 1.165) is 5.56 Å². The molecule has 2 aliphatic rings. The fourth-order valence-corrected chi connectivity index (χ4v) is 5.65. The number of rotatable bonds is 9. The van der Waals surface area contributed by atoms with Gasteiger partial charge in [0.1, 0.15) is 23.2 Å². The highest BCUT2D eigenvalue weighted by atomic mass is 16.5. The van der Waals surface area contributed by atoms with Crippen LogP contribution in [0.5, 0.6) is 17.2 Å². The van der Waals surface area contributed by atoms with Gasteiger partial charge in [0.05, 0.1) is 46.0 Å². The van der Waals surface area contributed by atoms with Crippen molar-refractivity contribution in [2.24, 2.45) is 5.92 Å².